The second kappa shape index (κ2) is 8.10. The van der Waals surface area contributed by atoms with E-state index in [9.17, 15) is 4.79 Å². The third-order valence-electron chi connectivity index (χ3n) is 4.40. The maximum absolute atomic E-state index is 12.5. The Morgan fingerprint density at radius 3 is 2.75 bits per heavy atom. The number of hydrogen-bond donors (Lipinski definition) is 2. The van der Waals surface area contributed by atoms with E-state index >= 15 is 0 Å². The molecule has 2 N–H and O–H groups in total. The number of pyridine rings is 1. The first-order valence-corrected chi connectivity index (χ1v) is 9.07. The van der Waals surface area contributed by atoms with Gasteiger partial charge in [0.05, 0.1) is 42.0 Å². The van der Waals surface area contributed by atoms with Gasteiger partial charge in [-0.3, -0.25) is 9.78 Å². The van der Waals surface area contributed by atoms with Crippen molar-refractivity contribution in [3.05, 3.63) is 60.1 Å². The van der Waals surface area contributed by atoms with Crippen molar-refractivity contribution >= 4 is 28.8 Å². The minimum atomic E-state index is -0.300. The molecule has 1 aromatic carbocycles. The van der Waals surface area contributed by atoms with Gasteiger partial charge in [0.25, 0.3) is 5.91 Å². The van der Waals surface area contributed by atoms with Crippen LogP contribution in [0, 0.1) is 6.92 Å². The largest absolute Gasteiger partial charge is 0.378 e. The third-order valence-corrected chi connectivity index (χ3v) is 4.40. The van der Waals surface area contributed by atoms with Gasteiger partial charge in [-0.25, -0.2) is 0 Å². The summed E-state index contributed by atoms with van der Waals surface area (Å²) in [5, 5.41) is 9.85. The van der Waals surface area contributed by atoms with E-state index in [2.05, 4.69) is 31.7 Å². The van der Waals surface area contributed by atoms with E-state index in [1.54, 1.807) is 25.3 Å². The average Bonchev–Trinajstić information content (AvgIpc) is 3.14. The van der Waals surface area contributed by atoms with Crippen LogP contribution in [0.2, 0.25) is 0 Å². The number of nitrogens with one attached hydrogen (secondary N) is 2. The highest BCUT2D eigenvalue weighted by Crippen LogP contribution is 2.29. The number of aromatic nitrogens is 2. The van der Waals surface area contributed by atoms with Crippen LogP contribution in [0.15, 0.2) is 53.3 Å². The Morgan fingerprint density at radius 2 is 1.96 bits per heavy atom. The maximum Gasteiger partial charge on any atom is 0.258 e. The van der Waals surface area contributed by atoms with E-state index in [0.717, 1.165) is 30.2 Å². The fourth-order valence-corrected chi connectivity index (χ4v) is 3.06. The number of benzene rings is 1. The molecule has 2 aromatic heterocycles. The predicted molar refractivity (Wildman–Crippen MR) is 106 cm³/mol. The molecule has 0 aliphatic carbocycles. The van der Waals surface area contributed by atoms with Crippen LogP contribution in [-0.2, 0) is 4.74 Å². The summed E-state index contributed by atoms with van der Waals surface area (Å²) < 4.78 is 10.4. The van der Waals surface area contributed by atoms with Gasteiger partial charge in [0.1, 0.15) is 5.76 Å². The van der Waals surface area contributed by atoms with Crippen molar-refractivity contribution in [2.75, 3.05) is 41.8 Å². The van der Waals surface area contributed by atoms with Crippen LogP contribution < -0.4 is 15.5 Å². The number of carbonyl (C=O) groups excluding carboxylic acids is 1. The van der Waals surface area contributed by atoms with Crippen LogP contribution in [0.4, 0.5) is 22.9 Å². The molecular formula is C20H21N5O3. The molecule has 8 nitrogen and oxygen atoms in total. The molecule has 3 heterocycles. The van der Waals surface area contributed by atoms with Crippen molar-refractivity contribution in [3.63, 3.8) is 0 Å². The molecular weight excluding hydrogens is 358 g/mol. The highest BCUT2D eigenvalue weighted by molar-refractivity contribution is 6.04. The second-order valence-electron chi connectivity index (χ2n) is 6.48. The summed E-state index contributed by atoms with van der Waals surface area (Å²) in [5.74, 6) is 0.702. The van der Waals surface area contributed by atoms with Crippen molar-refractivity contribution in [2.45, 2.75) is 6.92 Å². The molecule has 8 heteroatoms. The van der Waals surface area contributed by atoms with Crippen LogP contribution in [-0.4, -0.2) is 42.4 Å². The van der Waals surface area contributed by atoms with Crippen molar-refractivity contribution < 1.29 is 14.1 Å². The van der Waals surface area contributed by atoms with Crippen LogP contribution in [0.1, 0.15) is 16.1 Å². The summed E-state index contributed by atoms with van der Waals surface area (Å²) in [7, 11) is 0. The molecule has 3 aromatic rings. The number of ether oxygens (including phenoxy) is 1. The summed E-state index contributed by atoms with van der Waals surface area (Å²) in [6, 6.07) is 11.5. The topological polar surface area (TPSA) is 92.5 Å². The molecule has 0 unspecified atom stereocenters. The van der Waals surface area contributed by atoms with Crippen LogP contribution in [0.25, 0.3) is 0 Å². The lowest BCUT2D eigenvalue weighted by Crippen LogP contribution is -2.36. The number of nitrogens with zero attached hydrogens (tertiary/aromatic N) is 3. The Balaban J connectivity index is 1.51. The summed E-state index contributed by atoms with van der Waals surface area (Å²) in [4.78, 5) is 18.9. The van der Waals surface area contributed by atoms with Gasteiger partial charge in [-0.2, -0.15) is 0 Å². The lowest BCUT2D eigenvalue weighted by Gasteiger charge is -2.30. The monoisotopic (exact) mass is 379 g/mol. The molecule has 1 saturated heterocycles. The van der Waals surface area contributed by atoms with E-state index in [1.807, 2.05) is 18.2 Å². The zero-order chi connectivity index (χ0) is 19.3. The van der Waals surface area contributed by atoms with Gasteiger partial charge in [-0.1, -0.05) is 17.3 Å². The molecule has 28 heavy (non-hydrogen) atoms. The number of anilines is 4. The SMILES string of the molecule is Cc1cc(NC(=O)c2cncc(Nc3ccccc3N3CCOCC3)c2)no1. The summed E-state index contributed by atoms with van der Waals surface area (Å²) in [6.07, 6.45) is 3.20. The van der Waals surface area contributed by atoms with Gasteiger partial charge in [-0.15, -0.1) is 0 Å². The molecule has 1 fully saturated rings. The summed E-state index contributed by atoms with van der Waals surface area (Å²) in [5.41, 5.74) is 3.20. The number of hydrogen-bond acceptors (Lipinski definition) is 7. The molecule has 1 amide bonds. The molecule has 0 radical (unpaired) electrons. The minimum Gasteiger partial charge on any atom is -0.378 e. The number of carbonyl (C=O) groups is 1. The number of aryl methyl sites for hydroxylation is 1. The van der Waals surface area contributed by atoms with Gasteiger partial charge < -0.3 is 24.8 Å². The second-order valence-corrected chi connectivity index (χ2v) is 6.48. The Bertz CT molecular complexity index is 966. The first-order valence-electron chi connectivity index (χ1n) is 9.07. The maximum atomic E-state index is 12.5. The standard InChI is InChI=1S/C20H21N5O3/c1-14-10-19(24-28-14)23-20(26)15-11-16(13-21-12-15)22-17-4-2-3-5-18(17)25-6-8-27-9-7-25/h2-5,10-13,22H,6-9H2,1H3,(H,23,24,26). The Kier molecular flexibility index (Phi) is 5.20. The normalized spacial score (nSPS) is 14.0. The average molecular weight is 379 g/mol. The quantitative estimate of drug-likeness (QED) is 0.703. The molecule has 1 aliphatic heterocycles. The Morgan fingerprint density at radius 1 is 1.14 bits per heavy atom. The first kappa shape index (κ1) is 18.0. The number of morpholine rings is 1. The van der Waals surface area contributed by atoms with E-state index < -0.39 is 0 Å². The van der Waals surface area contributed by atoms with Crippen LogP contribution in [0.3, 0.4) is 0 Å². The fraction of sp³-hybridized carbons (Fsp3) is 0.250. The van der Waals surface area contributed by atoms with E-state index in [-0.39, 0.29) is 5.91 Å². The number of rotatable bonds is 5. The molecule has 0 spiro atoms. The third kappa shape index (κ3) is 4.12. The van der Waals surface area contributed by atoms with Gasteiger partial charge in [0.15, 0.2) is 5.82 Å². The summed E-state index contributed by atoms with van der Waals surface area (Å²) >= 11 is 0. The van der Waals surface area contributed by atoms with E-state index in [4.69, 9.17) is 9.26 Å². The number of para-hydroxylation sites is 2. The van der Waals surface area contributed by atoms with Crippen LogP contribution in [0.5, 0.6) is 0 Å². The van der Waals surface area contributed by atoms with E-state index in [1.165, 1.54) is 6.20 Å². The molecule has 0 saturated carbocycles. The van der Waals surface area contributed by atoms with E-state index in [0.29, 0.717) is 30.4 Å². The van der Waals surface area contributed by atoms with Gasteiger partial charge in [0, 0.05) is 25.4 Å². The van der Waals surface area contributed by atoms with Gasteiger partial charge in [-0.05, 0) is 25.1 Å². The Hall–Kier alpha value is -3.39. The zero-order valence-corrected chi connectivity index (χ0v) is 15.5. The lowest BCUT2D eigenvalue weighted by atomic mass is 10.2. The summed E-state index contributed by atoms with van der Waals surface area (Å²) in [6.45, 7) is 4.88. The van der Waals surface area contributed by atoms with Gasteiger partial charge in [0.2, 0.25) is 0 Å². The molecule has 1 aliphatic rings. The minimum absolute atomic E-state index is 0.300. The molecule has 144 valence electrons. The van der Waals surface area contributed by atoms with Crippen molar-refractivity contribution in [1.82, 2.24) is 10.1 Å². The molecule has 4 rings (SSSR count). The molecule has 0 atom stereocenters. The zero-order valence-electron chi connectivity index (χ0n) is 15.5. The number of amides is 1. The van der Waals surface area contributed by atoms with Crippen molar-refractivity contribution in [3.8, 4) is 0 Å². The highest BCUT2D eigenvalue weighted by Gasteiger charge is 2.15. The van der Waals surface area contributed by atoms with Crippen LogP contribution >= 0.6 is 0 Å². The molecule has 0 bridgehead atoms. The predicted octanol–water partition coefficient (Wildman–Crippen LogP) is 3.21. The Labute approximate surface area is 162 Å². The highest BCUT2D eigenvalue weighted by atomic mass is 16.5. The fourth-order valence-electron chi connectivity index (χ4n) is 3.06. The van der Waals surface area contributed by atoms with Crippen molar-refractivity contribution in [2.24, 2.45) is 0 Å². The van der Waals surface area contributed by atoms with Gasteiger partial charge >= 0.3 is 0 Å². The smallest absolute Gasteiger partial charge is 0.258 e. The first-order chi connectivity index (χ1) is 13.7. The van der Waals surface area contributed by atoms with Crippen molar-refractivity contribution in [1.29, 1.82) is 0 Å². The lowest BCUT2D eigenvalue weighted by molar-refractivity contribution is 0.102.